The molecule has 3 aromatic carbocycles. The number of aromatic nitrogens is 3. The molecule has 0 fully saturated rings. The van der Waals surface area contributed by atoms with Crippen molar-refractivity contribution in [2.75, 3.05) is 33.3 Å². The van der Waals surface area contributed by atoms with Gasteiger partial charge in [-0.2, -0.15) is 5.10 Å². The predicted molar refractivity (Wildman–Crippen MR) is 155 cm³/mol. The van der Waals surface area contributed by atoms with Gasteiger partial charge in [0.25, 0.3) is 5.91 Å². The van der Waals surface area contributed by atoms with Crippen LogP contribution in [0.1, 0.15) is 23.0 Å². The lowest BCUT2D eigenvalue weighted by Crippen LogP contribution is -2.14. The molecule has 0 spiro atoms. The van der Waals surface area contributed by atoms with E-state index < -0.39 is 11.7 Å². The third-order valence-electron chi connectivity index (χ3n) is 6.46. The summed E-state index contributed by atoms with van der Waals surface area (Å²) in [6, 6.07) is 14.7. The van der Waals surface area contributed by atoms with Crippen molar-refractivity contribution in [1.29, 1.82) is 0 Å². The van der Waals surface area contributed by atoms with Gasteiger partial charge >= 0.3 is 0 Å². The fourth-order valence-corrected chi connectivity index (χ4v) is 4.42. The standard InChI is InChI=1S/C31H29FN4O6/c1-6-41-29-17-36(24-9-8-20(38-3)13-18(24)2)35-30(29)31(37)34-19-7-10-26(22(32)14-19)42-25-11-12-33-23-16-28(40-5)27(39-4)15-21(23)25/h7-17H,6H2,1-5H3,(H,34,37). The van der Waals surface area contributed by atoms with Crippen LogP contribution in [0.5, 0.6) is 34.5 Å². The molecule has 0 aliphatic carbocycles. The molecule has 0 unspecified atom stereocenters. The van der Waals surface area contributed by atoms with Crippen LogP contribution in [-0.4, -0.2) is 48.6 Å². The first-order chi connectivity index (χ1) is 20.3. The molecule has 5 rings (SSSR count). The van der Waals surface area contributed by atoms with Gasteiger partial charge in [-0.15, -0.1) is 0 Å². The maximum atomic E-state index is 15.2. The Balaban J connectivity index is 1.38. The van der Waals surface area contributed by atoms with Gasteiger partial charge in [0.1, 0.15) is 11.5 Å². The molecule has 0 aliphatic rings. The lowest BCUT2D eigenvalue weighted by molar-refractivity contribution is 0.101. The third-order valence-corrected chi connectivity index (χ3v) is 6.46. The number of benzene rings is 3. The number of hydrogen-bond acceptors (Lipinski definition) is 8. The molecule has 42 heavy (non-hydrogen) atoms. The minimum Gasteiger partial charge on any atom is -0.497 e. The topological polar surface area (TPSA) is 106 Å². The van der Waals surface area contributed by atoms with Crippen LogP contribution in [0, 0.1) is 12.7 Å². The molecule has 0 aliphatic heterocycles. The molecule has 0 saturated heterocycles. The Morgan fingerprint density at radius 3 is 2.38 bits per heavy atom. The van der Waals surface area contributed by atoms with Crippen molar-refractivity contribution < 1.29 is 32.9 Å². The lowest BCUT2D eigenvalue weighted by atomic mass is 10.2. The number of rotatable bonds is 10. The van der Waals surface area contributed by atoms with Gasteiger partial charge in [-0.1, -0.05) is 0 Å². The van der Waals surface area contributed by atoms with Gasteiger partial charge in [0, 0.05) is 29.4 Å². The first-order valence-electron chi connectivity index (χ1n) is 13.0. The minimum atomic E-state index is -0.678. The lowest BCUT2D eigenvalue weighted by Gasteiger charge is -2.13. The SMILES string of the molecule is CCOc1cn(-c2ccc(OC)cc2C)nc1C(=O)Nc1ccc(Oc2ccnc3cc(OC)c(OC)cc23)c(F)c1. The Morgan fingerprint density at radius 2 is 1.69 bits per heavy atom. The van der Waals surface area contributed by atoms with E-state index in [9.17, 15) is 4.79 Å². The van der Waals surface area contributed by atoms with E-state index in [1.54, 1.807) is 48.5 Å². The van der Waals surface area contributed by atoms with E-state index in [4.69, 9.17) is 23.7 Å². The fourth-order valence-electron chi connectivity index (χ4n) is 4.42. The fraction of sp³-hybridized carbons (Fsp3) is 0.194. The maximum Gasteiger partial charge on any atom is 0.280 e. The van der Waals surface area contributed by atoms with Crippen LogP contribution >= 0.6 is 0 Å². The maximum absolute atomic E-state index is 15.2. The second-order valence-electron chi connectivity index (χ2n) is 9.11. The number of ether oxygens (including phenoxy) is 5. The molecular weight excluding hydrogens is 543 g/mol. The zero-order valence-electron chi connectivity index (χ0n) is 23.7. The largest absolute Gasteiger partial charge is 0.497 e. The zero-order valence-corrected chi connectivity index (χ0v) is 23.7. The average Bonchev–Trinajstić information content (AvgIpc) is 3.41. The number of anilines is 1. The number of nitrogens with one attached hydrogen (secondary N) is 1. The van der Waals surface area contributed by atoms with E-state index in [0.29, 0.717) is 46.3 Å². The summed E-state index contributed by atoms with van der Waals surface area (Å²) in [5.41, 5.74) is 2.50. The highest BCUT2D eigenvalue weighted by Crippen LogP contribution is 2.37. The number of amides is 1. The van der Waals surface area contributed by atoms with E-state index in [-0.39, 0.29) is 17.1 Å². The van der Waals surface area contributed by atoms with E-state index in [1.807, 2.05) is 26.0 Å². The molecule has 2 heterocycles. The summed E-state index contributed by atoms with van der Waals surface area (Å²) >= 11 is 0. The van der Waals surface area contributed by atoms with Crippen LogP contribution in [0.3, 0.4) is 0 Å². The molecule has 1 amide bonds. The van der Waals surface area contributed by atoms with Crippen molar-refractivity contribution in [3.05, 3.63) is 84.1 Å². The van der Waals surface area contributed by atoms with Crippen molar-refractivity contribution >= 4 is 22.5 Å². The molecule has 2 aromatic heterocycles. The molecule has 0 atom stereocenters. The van der Waals surface area contributed by atoms with E-state index in [2.05, 4.69) is 15.4 Å². The molecular formula is C31H29FN4O6. The quantitative estimate of drug-likeness (QED) is 0.207. The van der Waals surface area contributed by atoms with Gasteiger partial charge in [0.15, 0.2) is 34.5 Å². The van der Waals surface area contributed by atoms with Crippen molar-refractivity contribution in [2.45, 2.75) is 13.8 Å². The second kappa shape index (κ2) is 12.0. The highest BCUT2D eigenvalue weighted by atomic mass is 19.1. The van der Waals surface area contributed by atoms with Crippen molar-refractivity contribution in [3.63, 3.8) is 0 Å². The number of aryl methyl sites for hydroxylation is 1. The van der Waals surface area contributed by atoms with Crippen LogP contribution in [-0.2, 0) is 0 Å². The first-order valence-corrected chi connectivity index (χ1v) is 13.0. The molecule has 10 nitrogen and oxygen atoms in total. The summed E-state index contributed by atoms with van der Waals surface area (Å²) in [6.07, 6.45) is 3.19. The number of fused-ring (bicyclic) bond motifs is 1. The summed E-state index contributed by atoms with van der Waals surface area (Å²) in [5.74, 6) is 1.09. The van der Waals surface area contributed by atoms with E-state index in [0.717, 1.165) is 11.3 Å². The first kappa shape index (κ1) is 28.2. The number of carbonyl (C=O) groups is 1. The molecule has 216 valence electrons. The summed E-state index contributed by atoms with van der Waals surface area (Å²) in [4.78, 5) is 17.6. The number of halogens is 1. The predicted octanol–water partition coefficient (Wildman–Crippen LogP) is 6.34. The van der Waals surface area contributed by atoms with Crippen molar-refractivity contribution in [3.8, 4) is 40.2 Å². The van der Waals surface area contributed by atoms with Gasteiger partial charge in [-0.05, 0) is 61.9 Å². The molecule has 1 N–H and O–H groups in total. The number of carbonyl (C=O) groups excluding carboxylic acids is 1. The number of hydrogen-bond donors (Lipinski definition) is 1. The van der Waals surface area contributed by atoms with Gasteiger partial charge in [0.05, 0.1) is 45.3 Å². The van der Waals surface area contributed by atoms with Gasteiger partial charge in [-0.3, -0.25) is 9.78 Å². The zero-order chi connectivity index (χ0) is 29.8. The smallest absolute Gasteiger partial charge is 0.280 e. The van der Waals surface area contributed by atoms with Gasteiger partial charge < -0.3 is 29.0 Å². The summed E-state index contributed by atoms with van der Waals surface area (Å²) in [6.45, 7) is 4.05. The summed E-state index contributed by atoms with van der Waals surface area (Å²) in [7, 11) is 4.65. The number of pyridine rings is 1. The minimum absolute atomic E-state index is 0.0375. The molecule has 0 saturated carbocycles. The highest BCUT2D eigenvalue weighted by molar-refractivity contribution is 6.04. The molecule has 0 bridgehead atoms. The van der Waals surface area contributed by atoms with Crippen LogP contribution in [0.4, 0.5) is 10.1 Å². The number of methoxy groups -OCH3 is 3. The molecule has 11 heteroatoms. The highest BCUT2D eigenvalue weighted by Gasteiger charge is 2.21. The van der Waals surface area contributed by atoms with Crippen LogP contribution < -0.4 is 29.0 Å². The summed E-state index contributed by atoms with van der Waals surface area (Å²) < 4.78 is 44.3. The third kappa shape index (κ3) is 5.62. The Morgan fingerprint density at radius 1 is 0.905 bits per heavy atom. The Hall–Kier alpha value is -5.32. The van der Waals surface area contributed by atoms with Gasteiger partial charge in [0.2, 0.25) is 0 Å². The Labute approximate surface area is 241 Å². The number of nitrogens with zero attached hydrogens (tertiary/aromatic N) is 3. The normalized spacial score (nSPS) is 10.8. The van der Waals surface area contributed by atoms with E-state index >= 15 is 4.39 Å². The second-order valence-corrected chi connectivity index (χ2v) is 9.11. The van der Waals surface area contributed by atoms with Crippen LogP contribution in [0.2, 0.25) is 0 Å². The monoisotopic (exact) mass is 572 g/mol. The Bertz CT molecular complexity index is 1770. The molecule has 0 radical (unpaired) electrons. The Kier molecular flexibility index (Phi) is 8.09. The van der Waals surface area contributed by atoms with E-state index in [1.165, 1.54) is 32.4 Å². The molecule has 5 aromatic rings. The summed E-state index contributed by atoms with van der Waals surface area (Å²) in [5, 5.41) is 7.76. The van der Waals surface area contributed by atoms with Crippen molar-refractivity contribution in [1.82, 2.24) is 14.8 Å². The van der Waals surface area contributed by atoms with Crippen LogP contribution in [0.25, 0.3) is 16.6 Å². The average molecular weight is 573 g/mol. The van der Waals surface area contributed by atoms with Gasteiger partial charge in [-0.25, -0.2) is 9.07 Å². The van der Waals surface area contributed by atoms with Crippen LogP contribution in [0.15, 0.2) is 67.0 Å². The van der Waals surface area contributed by atoms with Crippen molar-refractivity contribution in [2.24, 2.45) is 0 Å².